The molecule has 2 amide bonds. The Balaban J connectivity index is 1.69. The molecule has 0 aromatic carbocycles. The molecule has 0 spiro atoms. The summed E-state index contributed by atoms with van der Waals surface area (Å²) in [6.45, 7) is 3.03. The standard InChI is InChI=1S/C16H22N6O3/c1-18-14(23)3-10-25-11-4-15(24)21-6-8-22(9-7-21)16-19-5-2-13(12-17)20-16/h2,5H,3-4,6-11H2,1H3,(H,18,23). The number of nitrogens with one attached hydrogen (secondary N) is 1. The predicted octanol–water partition coefficient (Wildman–Crippen LogP) is -0.460. The molecule has 134 valence electrons. The SMILES string of the molecule is CNC(=O)CCOCCC(=O)N1CCN(c2nccc(C#N)n2)CC1. The Labute approximate surface area is 146 Å². The van der Waals surface area contributed by atoms with Crippen LogP contribution in [-0.2, 0) is 14.3 Å². The fourth-order valence-electron chi connectivity index (χ4n) is 2.43. The van der Waals surface area contributed by atoms with Gasteiger partial charge in [0.1, 0.15) is 11.8 Å². The summed E-state index contributed by atoms with van der Waals surface area (Å²) in [4.78, 5) is 35.3. The third kappa shape index (κ3) is 5.69. The van der Waals surface area contributed by atoms with E-state index in [1.807, 2.05) is 11.0 Å². The van der Waals surface area contributed by atoms with E-state index in [0.717, 1.165) is 0 Å². The van der Waals surface area contributed by atoms with Crippen molar-refractivity contribution < 1.29 is 14.3 Å². The number of rotatable bonds is 7. The molecule has 0 saturated carbocycles. The monoisotopic (exact) mass is 346 g/mol. The molecule has 1 aliphatic heterocycles. The molecule has 2 heterocycles. The predicted molar refractivity (Wildman–Crippen MR) is 89.7 cm³/mol. The minimum Gasteiger partial charge on any atom is -0.380 e. The Morgan fingerprint density at radius 2 is 2.00 bits per heavy atom. The van der Waals surface area contributed by atoms with Gasteiger partial charge in [0.25, 0.3) is 0 Å². The molecular weight excluding hydrogens is 324 g/mol. The lowest BCUT2D eigenvalue weighted by atomic mass is 10.3. The van der Waals surface area contributed by atoms with Crippen molar-refractivity contribution in [1.29, 1.82) is 5.26 Å². The van der Waals surface area contributed by atoms with Gasteiger partial charge in [0, 0.05) is 45.8 Å². The summed E-state index contributed by atoms with van der Waals surface area (Å²) < 4.78 is 5.31. The van der Waals surface area contributed by atoms with Crippen molar-refractivity contribution in [3.63, 3.8) is 0 Å². The number of amides is 2. The quantitative estimate of drug-likeness (QED) is 0.665. The first kappa shape index (κ1) is 18.6. The van der Waals surface area contributed by atoms with E-state index in [9.17, 15) is 9.59 Å². The molecule has 9 nitrogen and oxygen atoms in total. The average molecular weight is 346 g/mol. The third-order valence-electron chi connectivity index (χ3n) is 3.89. The topological polar surface area (TPSA) is 111 Å². The average Bonchev–Trinajstić information content (AvgIpc) is 2.67. The number of hydrogen-bond acceptors (Lipinski definition) is 7. The zero-order chi connectivity index (χ0) is 18.1. The molecule has 1 saturated heterocycles. The van der Waals surface area contributed by atoms with Crippen LogP contribution in [0.2, 0.25) is 0 Å². The molecule has 0 atom stereocenters. The summed E-state index contributed by atoms with van der Waals surface area (Å²) in [5.74, 6) is 0.472. The summed E-state index contributed by atoms with van der Waals surface area (Å²) in [7, 11) is 1.58. The van der Waals surface area contributed by atoms with Crippen molar-refractivity contribution in [2.24, 2.45) is 0 Å². The largest absolute Gasteiger partial charge is 0.380 e. The number of carbonyl (C=O) groups is 2. The van der Waals surface area contributed by atoms with Gasteiger partial charge in [-0.25, -0.2) is 9.97 Å². The number of nitriles is 1. The molecule has 2 rings (SSSR count). The molecule has 9 heteroatoms. The van der Waals surface area contributed by atoms with E-state index in [0.29, 0.717) is 63.9 Å². The van der Waals surface area contributed by atoms with Gasteiger partial charge in [-0.15, -0.1) is 0 Å². The number of ether oxygens (including phenoxy) is 1. The van der Waals surface area contributed by atoms with Crippen LogP contribution in [0.5, 0.6) is 0 Å². The van der Waals surface area contributed by atoms with Crippen molar-refractivity contribution in [2.75, 3.05) is 51.3 Å². The normalized spacial score (nSPS) is 14.1. The van der Waals surface area contributed by atoms with Gasteiger partial charge in [-0.1, -0.05) is 0 Å². The molecule has 0 unspecified atom stereocenters. The zero-order valence-electron chi connectivity index (χ0n) is 14.3. The lowest BCUT2D eigenvalue weighted by Crippen LogP contribution is -2.49. The van der Waals surface area contributed by atoms with Gasteiger partial charge in [0.2, 0.25) is 17.8 Å². The second-order valence-corrected chi connectivity index (χ2v) is 5.51. The van der Waals surface area contributed by atoms with E-state index in [1.165, 1.54) is 0 Å². The Bertz CT molecular complexity index is 637. The lowest BCUT2D eigenvalue weighted by molar-refractivity contribution is -0.132. The summed E-state index contributed by atoms with van der Waals surface area (Å²) in [6, 6.07) is 3.56. The molecule has 1 aliphatic rings. The van der Waals surface area contributed by atoms with Crippen molar-refractivity contribution in [3.05, 3.63) is 18.0 Å². The maximum Gasteiger partial charge on any atom is 0.226 e. The second kappa shape index (κ2) is 9.54. The first-order valence-electron chi connectivity index (χ1n) is 8.18. The first-order chi connectivity index (χ1) is 12.1. The number of nitrogens with zero attached hydrogens (tertiary/aromatic N) is 5. The van der Waals surface area contributed by atoms with Gasteiger partial charge in [0.15, 0.2) is 0 Å². The molecule has 1 aromatic rings. The van der Waals surface area contributed by atoms with Crippen LogP contribution in [0.3, 0.4) is 0 Å². The number of hydrogen-bond donors (Lipinski definition) is 1. The molecule has 1 N–H and O–H groups in total. The second-order valence-electron chi connectivity index (χ2n) is 5.51. The van der Waals surface area contributed by atoms with Crippen LogP contribution in [0.4, 0.5) is 5.95 Å². The van der Waals surface area contributed by atoms with Gasteiger partial charge >= 0.3 is 0 Å². The summed E-state index contributed by atoms with van der Waals surface area (Å²) in [5.41, 5.74) is 0.331. The van der Waals surface area contributed by atoms with Crippen LogP contribution < -0.4 is 10.2 Å². The van der Waals surface area contributed by atoms with Gasteiger partial charge < -0.3 is 19.9 Å². The van der Waals surface area contributed by atoms with E-state index in [4.69, 9.17) is 10.00 Å². The molecule has 0 radical (unpaired) electrons. The number of anilines is 1. The fourth-order valence-corrected chi connectivity index (χ4v) is 2.43. The van der Waals surface area contributed by atoms with Crippen LogP contribution in [0.1, 0.15) is 18.5 Å². The van der Waals surface area contributed by atoms with Gasteiger partial charge in [-0.3, -0.25) is 9.59 Å². The van der Waals surface area contributed by atoms with Gasteiger partial charge in [0.05, 0.1) is 19.6 Å². The minimum absolute atomic E-state index is 0.0336. The minimum atomic E-state index is -0.0786. The van der Waals surface area contributed by atoms with Crippen molar-refractivity contribution in [3.8, 4) is 6.07 Å². The van der Waals surface area contributed by atoms with E-state index in [2.05, 4.69) is 15.3 Å². The smallest absolute Gasteiger partial charge is 0.226 e. The highest BCUT2D eigenvalue weighted by Crippen LogP contribution is 2.11. The van der Waals surface area contributed by atoms with E-state index < -0.39 is 0 Å². The molecule has 25 heavy (non-hydrogen) atoms. The van der Waals surface area contributed by atoms with Crippen LogP contribution in [0, 0.1) is 11.3 Å². The maximum absolute atomic E-state index is 12.2. The Morgan fingerprint density at radius 3 is 2.68 bits per heavy atom. The van der Waals surface area contributed by atoms with E-state index >= 15 is 0 Å². The third-order valence-corrected chi connectivity index (χ3v) is 3.89. The van der Waals surface area contributed by atoms with Crippen molar-refractivity contribution in [1.82, 2.24) is 20.2 Å². The van der Waals surface area contributed by atoms with E-state index in [-0.39, 0.29) is 11.8 Å². The molecule has 1 aromatic heterocycles. The summed E-state index contributed by atoms with van der Waals surface area (Å²) >= 11 is 0. The van der Waals surface area contributed by atoms with Crippen LogP contribution in [-0.4, -0.2) is 73.1 Å². The number of piperazine rings is 1. The van der Waals surface area contributed by atoms with E-state index in [1.54, 1.807) is 24.2 Å². The van der Waals surface area contributed by atoms with Crippen LogP contribution in [0.25, 0.3) is 0 Å². The highest BCUT2D eigenvalue weighted by atomic mass is 16.5. The number of aromatic nitrogens is 2. The van der Waals surface area contributed by atoms with Crippen molar-refractivity contribution in [2.45, 2.75) is 12.8 Å². The highest BCUT2D eigenvalue weighted by Gasteiger charge is 2.22. The first-order valence-corrected chi connectivity index (χ1v) is 8.18. The lowest BCUT2D eigenvalue weighted by Gasteiger charge is -2.34. The highest BCUT2D eigenvalue weighted by molar-refractivity contribution is 5.76. The molecule has 1 fully saturated rings. The van der Waals surface area contributed by atoms with Gasteiger partial charge in [-0.05, 0) is 6.07 Å². The molecular formula is C16H22N6O3. The van der Waals surface area contributed by atoms with Crippen molar-refractivity contribution >= 4 is 17.8 Å². The molecule has 0 bridgehead atoms. The van der Waals surface area contributed by atoms with Crippen LogP contribution >= 0.6 is 0 Å². The Morgan fingerprint density at radius 1 is 1.28 bits per heavy atom. The maximum atomic E-state index is 12.2. The zero-order valence-corrected chi connectivity index (χ0v) is 14.3. The Hall–Kier alpha value is -2.73. The summed E-state index contributed by atoms with van der Waals surface area (Å²) in [6.07, 6.45) is 2.16. The number of carbonyl (C=O) groups excluding carboxylic acids is 2. The Kier molecular flexibility index (Phi) is 7.10. The molecule has 0 aliphatic carbocycles. The van der Waals surface area contributed by atoms with Gasteiger partial charge in [-0.2, -0.15) is 5.26 Å². The fraction of sp³-hybridized carbons (Fsp3) is 0.562. The summed E-state index contributed by atoms with van der Waals surface area (Å²) in [5, 5.41) is 11.4. The van der Waals surface area contributed by atoms with Crippen LogP contribution in [0.15, 0.2) is 12.3 Å².